The Morgan fingerprint density at radius 1 is 1.44 bits per heavy atom. The Hall–Kier alpha value is -0.900. The van der Waals surface area contributed by atoms with Gasteiger partial charge in [-0.2, -0.15) is 0 Å². The number of ether oxygens (including phenoxy) is 2. The zero-order valence-electron chi connectivity index (χ0n) is 9.69. The van der Waals surface area contributed by atoms with E-state index in [0.29, 0.717) is 6.04 Å². The molecule has 0 aliphatic carbocycles. The van der Waals surface area contributed by atoms with Crippen LogP contribution in [0.3, 0.4) is 0 Å². The quantitative estimate of drug-likeness (QED) is 0.821. The standard InChI is InChI=1S/C13H19NO2/c1-15-13(11-5-3-2-4-6-11)9-14-12-7-8-16-10-12/h2-6,12-14H,7-10H2,1H3. The highest BCUT2D eigenvalue weighted by Gasteiger charge is 2.17. The smallest absolute Gasteiger partial charge is 0.0945 e. The van der Waals surface area contributed by atoms with Crippen molar-refractivity contribution in [3.63, 3.8) is 0 Å². The van der Waals surface area contributed by atoms with Crippen molar-refractivity contribution in [2.45, 2.75) is 18.6 Å². The molecule has 0 bridgehead atoms. The second-order valence-corrected chi connectivity index (χ2v) is 4.10. The topological polar surface area (TPSA) is 30.5 Å². The highest BCUT2D eigenvalue weighted by Crippen LogP contribution is 2.15. The third-order valence-corrected chi connectivity index (χ3v) is 2.98. The van der Waals surface area contributed by atoms with Crippen LogP contribution in [0.15, 0.2) is 30.3 Å². The molecule has 0 radical (unpaired) electrons. The summed E-state index contributed by atoms with van der Waals surface area (Å²) < 4.78 is 10.8. The molecule has 2 rings (SSSR count). The Labute approximate surface area is 96.8 Å². The van der Waals surface area contributed by atoms with Crippen LogP contribution in [-0.2, 0) is 9.47 Å². The van der Waals surface area contributed by atoms with E-state index >= 15 is 0 Å². The lowest BCUT2D eigenvalue weighted by Gasteiger charge is -2.18. The Bertz CT molecular complexity index is 296. The molecule has 2 atom stereocenters. The molecule has 1 fully saturated rings. The molecular weight excluding hydrogens is 202 g/mol. The van der Waals surface area contributed by atoms with Crippen LogP contribution in [0.5, 0.6) is 0 Å². The molecule has 1 heterocycles. The first-order valence-electron chi connectivity index (χ1n) is 5.79. The number of nitrogens with one attached hydrogen (secondary N) is 1. The van der Waals surface area contributed by atoms with E-state index < -0.39 is 0 Å². The molecule has 1 aromatic carbocycles. The van der Waals surface area contributed by atoms with E-state index in [1.54, 1.807) is 7.11 Å². The van der Waals surface area contributed by atoms with Crippen LogP contribution < -0.4 is 5.32 Å². The first-order valence-corrected chi connectivity index (χ1v) is 5.79. The Morgan fingerprint density at radius 2 is 2.25 bits per heavy atom. The van der Waals surface area contributed by atoms with Gasteiger partial charge in [-0.3, -0.25) is 0 Å². The molecule has 0 amide bonds. The zero-order valence-corrected chi connectivity index (χ0v) is 9.69. The highest BCUT2D eigenvalue weighted by molar-refractivity contribution is 5.17. The molecule has 0 spiro atoms. The van der Waals surface area contributed by atoms with Gasteiger partial charge >= 0.3 is 0 Å². The molecule has 88 valence electrons. The number of hydrogen-bond acceptors (Lipinski definition) is 3. The zero-order chi connectivity index (χ0) is 11.2. The summed E-state index contributed by atoms with van der Waals surface area (Å²) in [5, 5.41) is 3.48. The molecule has 0 aromatic heterocycles. The van der Waals surface area contributed by atoms with Crippen LogP contribution in [0.25, 0.3) is 0 Å². The maximum atomic E-state index is 5.49. The summed E-state index contributed by atoms with van der Waals surface area (Å²) in [7, 11) is 1.75. The lowest BCUT2D eigenvalue weighted by molar-refractivity contribution is 0.0981. The Balaban J connectivity index is 1.85. The van der Waals surface area contributed by atoms with Gasteiger partial charge < -0.3 is 14.8 Å². The van der Waals surface area contributed by atoms with E-state index in [1.807, 2.05) is 18.2 Å². The van der Waals surface area contributed by atoms with Crippen LogP contribution in [0.2, 0.25) is 0 Å². The second-order valence-electron chi connectivity index (χ2n) is 4.10. The SMILES string of the molecule is COC(CNC1CCOC1)c1ccccc1. The fourth-order valence-electron chi connectivity index (χ4n) is 1.97. The fraction of sp³-hybridized carbons (Fsp3) is 0.538. The van der Waals surface area contributed by atoms with Gasteiger partial charge in [-0.1, -0.05) is 30.3 Å². The summed E-state index contributed by atoms with van der Waals surface area (Å²) in [5.41, 5.74) is 1.22. The average molecular weight is 221 g/mol. The van der Waals surface area contributed by atoms with Crippen molar-refractivity contribution >= 4 is 0 Å². The molecule has 16 heavy (non-hydrogen) atoms. The number of rotatable bonds is 5. The third kappa shape index (κ3) is 3.04. The van der Waals surface area contributed by atoms with Gasteiger partial charge in [-0.05, 0) is 12.0 Å². The first kappa shape index (κ1) is 11.6. The minimum absolute atomic E-state index is 0.127. The molecule has 1 aliphatic heterocycles. The number of methoxy groups -OCH3 is 1. The van der Waals surface area contributed by atoms with Gasteiger partial charge in [0.05, 0.1) is 12.7 Å². The monoisotopic (exact) mass is 221 g/mol. The largest absolute Gasteiger partial charge is 0.380 e. The van der Waals surface area contributed by atoms with Gasteiger partial charge in [-0.25, -0.2) is 0 Å². The van der Waals surface area contributed by atoms with Crippen molar-refractivity contribution < 1.29 is 9.47 Å². The molecule has 1 N–H and O–H groups in total. The van der Waals surface area contributed by atoms with Crippen LogP contribution in [0, 0.1) is 0 Å². The summed E-state index contributed by atoms with van der Waals surface area (Å²) in [5.74, 6) is 0. The third-order valence-electron chi connectivity index (χ3n) is 2.98. The summed E-state index contributed by atoms with van der Waals surface area (Å²) in [6, 6.07) is 10.8. The summed E-state index contributed by atoms with van der Waals surface area (Å²) in [6.45, 7) is 2.54. The van der Waals surface area contributed by atoms with E-state index in [2.05, 4.69) is 17.4 Å². The molecule has 1 saturated heterocycles. The average Bonchev–Trinajstić information content (AvgIpc) is 2.84. The number of hydrogen-bond donors (Lipinski definition) is 1. The predicted molar refractivity (Wildman–Crippen MR) is 63.4 cm³/mol. The lowest BCUT2D eigenvalue weighted by Crippen LogP contribution is -2.33. The van der Waals surface area contributed by atoms with Gasteiger partial charge in [0.2, 0.25) is 0 Å². The maximum absolute atomic E-state index is 5.49. The number of benzene rings is 1. The molecule has 1 aromatic rings. The summed E-state index contributed by atoms with van der Waals surface area (Å²) in [6.07, 6.45) is 1.23. The van der Waals surface area contributed by atoms with Crippen molar-refractivity contribution in [2.24, 2.45) is 0 Å². The Morgan fingerprint density at radius 3 is 2.88 bits per heavy atom. The van der Waals surface area contributed by atoms with Crippen LogP contribution >= 0.6 is 0 Å². The van der Waals surface area contributed by atoms with E-state index in [9.17, 15) is 0 Å². The van der Waals surface area contributed by atoms with E-state index in [-0.39, 0.29) is 6.10 Å². The normalized spacial score (nSPS) is 22.2. The van der Waals surface area contributed by atoms with Gasteiger partial charge in [0.15, 0.2) is 0 Å². The van der Waals surface area contributed by atoms with Crippen molar-refractivity contribution in [2.75, 3.05) is 26.9 Å². The minimum atomic E-state index is 0.127. The van der Waals surface area contributed by atoms with Gasteiger partial charge in [-0.15, -0.1) is 0 Å². The molecule has 3 nitrogen and oxygen atoms in total. The molecule has 0 saturated carbocycles. The van der Waals surface area contributed by atoms with Crippen molar-refractivity contribution in [3.05, 3.63) is 35.9 Å². The van der Waals surface area contributed by atoms with E-state index in [1.165, 1.54) is 5.56 Å². The van der Waals surface area contributed by atoms with Crippen molar-refractivity contribution in [1.29, 1.82) is 0 Å². The fourth-order valence-corrected chi connectivity index (χ4v) is 1.97. The van der Waals surface area contributed by atoms with Crippen LogP contribution in [0.1, 0.15) is 18.1 Å². The van der Waals surface area contributed by atoms with E-state index in [4.69, 9.17) is 9.47 Å². The molecule has 2 unspecified atom stereocenters. The second kappa shape index (κ2) is 5.99. The summed E-state index contributed by atoms with van der Waals surface area (Å²) >= 11 is 0. The van der Waals surface area contributed by atoms with Crippen molar-refractivity contribution in [1.82, 2.24) is 5.32 Å². The maximum Gasteiger partial charge on any atom is 0.0945 e. The highest BCUT2D eigenvalue weighted by atomic mass is 16.5. The summed E-state index contributed by atoms with van der Waals surface area (Å²) in [4.78, 5) is 0. The minimum Gasteiger partial charge on any atom is -0.380 e. The molecule has 1 aliphatic rings. The molecule has 3 heteroatoms. The van der Waals surface area contributed by atoms with Gasteiger partial charge in [0.1, 0.15) is 0 Å². The first-order chi connectivity index (χ1) is 7.90. The molecular formula is C13H19NO2. The van der Waals surface area contributed by atoms with E-state index in [0.717, 1.165) is 26.2 Å². The lowest BCUT2D eigenvalue weighted by atomic mass is 10.1. The van der Waals surface area contributed by atoms with Crippen LogP contribution in [0.4, 0.5) is 0 Å². The van der Waals surface area contributed by atoms with Gasteiger partial charge in [0, 0.05) is 26.3 Å². The predicted octanol–water partition coefficient (Wildman–Crippen LogP) is 1.75. The Kier molecular flexibility index (Phi) is 4.34. The van der Waals surface area contributed by atoms with Crippen LogP contribution in [-0.4, -0.2) is 32.9 Å². The van der Waals surface area contributed by atoms with Gasteiger partial charge in [0.25, 0.3) is 0 Å². The van der Waals surface area contributed by atoms with Crippen molar-refractivity contribution in [3.8, 4) is 0 Å².